The summed E-state index contributed by atoms with van der Waals surface area (Å²) in [6.45, 7) is 2.10. The molecule has 2 aromatic heterocycles. The van der Waals surface area contributed by atoms with Crippen molar-refractivity contribution < 1.29 is 4.79 Å². The van der Waals surface area contributed by atoms with Gasteiger partial charge in [0.05, 0.1) is 12.5 Å². The van der Waals surface area contributed by atoms with Gasteiger partial charge in [-0.1, -0.05) is 31.2 Å². The number of para-hydroxylation sites is 1. The number of carbonyl (C=O) groups excluding carboxylic acids is 1. The third-order valence-corrected chi connectivity index (χ3v) is 4.88. The fraction of sp³-hybridized carbons (Fsp3) is 0.211. The second-order valence-electron chi connectivity index (χ2n) is 5.42. The zero-order valence-electron chi connectivity index (χ0n) is 13.1. The highest BCUT2D eigenvalue weighted by atomic mass is 32.1. The Morgan fingerprint density at radius 1 is 1.13 bits per heavy atom. The number of hydrogen-bond acceptors (Lipinski definition) is 2. The first-order valence-electron chi connectivity index (χ1n) is 7.81. The lowest BCUT2D eigenvalue weighted by Gasteiger charge is -2.18. The van der Waals surface area contributed by atoms with Crippen molar-refractivity contribution in [1.29, 1.82) is 0 Å². The van der Waals surface area contributed by atoms with E-state index in [2.05, 4.69) is 34.3 Å². The summed E-state index contributed by atoms with van der Waals surface area (Å²) in [5.74, 6) is 0.0398. The minimum Gasteiger partial charge on any atom is -0.346 e. The Balaban J connectivity index is 1.77. The first-order valence-corrected chi connectivity index (χ1v) is 8.69. The van der Waals surface area contributed by atoms with Crippen LogP contribution < -0.4 is 5.32 Å². The van der Waals surface area contributed by atoms with Crippen LogP contribution in [0.4, 0.5) is 5.69 Å². The highest BCUT2D eigenvalue weighted by Gasteiger charge is 2.18. The number of nitrogens with one attached hydrogen (secondary N) is 1. The number of hydrogen-bond donors (Lipinski definition) is 1. The molecule has 2 heterocycles. The molecule has 0 bridgehead atoms. The molecule has 4 heteroatoms. The molecule has 3 nitrogen and oxygen atoms in total. The Bertz CT molecular complexity index is 713. The third-order valence-electron chi connectivity index (χ3n) is 3.91. The molecule has 118 valence electrons. The van der Waals surface area contributed by atoms with E-state index >= 15 is 0 Å². The van der Waals surface area contributed by atoms with Gasteiger partial charge in [-0.2, -0.15) is 0 Å². The van der Waals surface area contributed by atoms with Gasteiger partial charge < -0.3 is 9.88 Å². The van der Waals surface area contributed by atoms with Crippen molar-refractivity contribution in [2.45, 2.75) is 25.8 Å². The number of amides is 1. The van der Waals surface area contributed by atoms with E-state index in [1.54, 1.807) is 11.3 Å². The Labute approximate surface area is 140 Å². The molecule has 0 fully saturated rings. The maximum Gasteiger partial charge on any atom is 0.226 e. The number of carbonyl (C=O) groups is 1. The lowest BCUT2D eigenvalue weighted by atomic mass is 10.1. The molecule has 3 aromatic rings. The minimum absolute atomic E-state index is 0.0398. The van der Waals surface area contributed by atoms with Crippen molar-refractivity contribution in [2.75, 3.05) is 5.32 Å². The number of benzene rings is 1. The van der Waals surface area contributed by atoms with Crippen LogP contribution in [0, 0.1) is 0 Å². The molecule has 0 saturated carbocycles. The van der Waals surface area contributed by atoms with Gasteiger partial charge in [0, 0.05) is 23.0 Å². The lowest BCUT2D eigenvalue weighted by Crippen LogP contribution is -2.19. The topological polar surface area (TPSA) is 34.0 Å². The predicted octanol–water partition coefficient (Wildman–Crippen LogP) is 4.73. The Morgan fingerprint density at radius 3 is 2.61 bits per heavy atom. The summed E-state index contributed by atoms with van der Waals surface area (Å²) in [6.07, 6.45) is 5.35. The molecular weight excluding hydrogens is 304 g/mol. The Kier molecular flexibility index (Phi) is 4.93. The van der Waals surface area contributed by atoms with Crippen molar-refractivity contribution in [3.8, 4) is 0 Å². The van der Waals surface area contributed by atoms with E-state index in [0.29, 0.717) is 6.42 Å². The van der Waals surface area contributed by atoms with E-state index in [4.69, 9.17) is 0 Å². The van der Waals surface area contributed by atoms with Gasteiger partial charge in [-0.15, -0.1) is 11.3 Å². The molecule has 0 aliphatic rings. The first kappa shape index (κ1) is 15.6. The van der Waals surface area contributed by atoms with Crippen LogP contribution in [0.2, 0.25) is 0 Å². The summed E-state index contributed by atoms with van der Waals surface area (Å²) >= 11 is 1.68. The predicted molar refractivity (Wildman–Crippen MR) is 96.0 cm³/mol. The van der Waals surface area contributed by atoms with Crippen molar-refractivity contribution in [1.82, 2.24) is 4.57 Å². The molecule has 1 aromatic carbocycles. The van der Waals surface area contributed by atoms with Crippen LogP contribution in [0.3, 0.4) is 0 Å². The molecule has 0 saturated heterocycles. The first-order chi connectivity index (χ1) is 11.3. The smallest absolute Gasteiger partial charge is 0.226 e. The number of aromatic nitrogens is 1. The molecule has 0 unspecified atom stereocenters. The van der Waals surface area contributed by atoms with Crippen LogP contribution in [-0.4, -0.2) is 10.5 Å². The molecule has 1 amide bonds. The lowest BCUT2D eigenvalue weighted by molar-refractivity contribution is -0.116. The summed E-state index contributed by atoms with van der Waals surface area (Å²) in [4.78, 5) is 13.8. The number of rotatable bonds is 6. The maximum absolute atomic E-state index is 12.6. The van der Waals surface area contributed by atoms with Crippen LogP contribution in [0.5, 0.6) is 0 Å². The summed E-state index contributed by atoms with van der Waals surface area (Å²) in [6, 6.07) is 16.1. The quantitative estimate of drug-likeness (QED) is 0.699. The second-order valence-corrected chi connectivity index (χ2v) is 6.40. The molecule has 0 aliphatic heterocycles. The van der Waals surface area contributed by atoms with Crippen molar-refractivity contribution >= 4 is 22.9 Å². The minimum atomic E-state index is 0.0398. The van der Waals surface area contributed by atoms with Crippen LogP contribution in [0.15, 0.2) is 66.3 Å². The Morgan fingerprint density at radius 2 is 1.91 bits per heavy atom. The average Bonchev–Trinajstić information content (AvgIpc) is 3.27. The zero-order chi connectivity index (χ0) is 16.1. The van der Waals surface area contributed by atoms with E-state index in [0.717, 1.165) is 17.7 Å². The van der Waals surface area contributed by atoms with Gasteiger partial charge in [-0.05, 0) is 41.6 Å². The van der Waals surface area contributed by atoms with E-state index < -0.39 is 0 Å². The zero-order valence-corrected chi connectivity index (χ0v) is 13.9. The van der Waals surface area contributed by atoms with Crippen LogP contribution >= 0.6 is 11.3 Å². The van der Waals surface area contributed by atoms with Gasteiger partial charge in [-0.3, -0.25) is 4.79 Å². The van der Waals surface area contributed by atoms with E-state index in [1.807, 2.05) is 48.8 Å². The fourth-order valence-electron chi connectivity index (χ4n) is 2.72. The molecule has 0 radical (unpaired) electrons. The number of thiophene rings is 1. The van der Waals surface area contributed by atoms with Crippen LogP contribution in [0.25, 0.3) is 0 Å². The fourth-order valence-corrected chi connectivity index (χ4v) is 3.55. The summed E-state index contributed by atoms with van der Waals surface area (Å²) in [7, 11) is 0. The molecule has 0 spiro atoms. The van der Waals surface area contributed by atoms with Gasteiger partial charge in [0.1, 0.15) is 0 Å². The Hall–Kier alpha value is -2.33. The van der Waals surface area contributed by atoms with Gasteiger partial charge in [0.15, 0.2) is 0 Å². The summed E-state index contributed by atoms with van der Waals surface area (Å²) in [5, 5.41) is 5.12. The standard InChI is InChI=1S/C19H20N2OS/c1-2-15-8-3-4-9-16(15)20-19(22)14-17(18-10-7-13-23-18)21-11-5-6-12-21/h3-13,17H,2,14H2,1H3,(H,20,22)/t17-/m0/s1. The van der Waals surface area contributed by atoms with Crippen LogP contribution in [-0.2, 0) is 11.2 Å². The number of aryl methyl sites for hydroxylation is 1. The second kappa shape index (κ2) is 7.29. The number of anilines is 1. The highest BCUT2D eigenvalue weighted by molar-refractivity contribution is 7.10. The number of nitrogens with zero attached hydrogens (tertiary/aromatic N) is 1. The van der Waals surface area contributed by atoms with Gasteiger partial charge in [0.25, 0.3) is 0 Å². The van der Waals surface area contributed by atoms with Gasteiger partial charge >= 0.3 is 0 Å². The van der Waals surface area contributed by atoms with Gasteiger partial charge in [-0.25, -0.2) is 0 Å². The van der Waals surface area contributed by atoms with Crippen molar-refractivity contribution in [3.63, 3.8) is 0 Å². The van der Waals surface area contributed by atoms with E-state index in [-0.39, 0.29) is 11.9 Å². The monoisotopic (exact) mass is 324 g/mol. The molecule has 1 atom stereocenters. The largest absolute Gasteiger partial charge is 0.346 e. The highest BCUT2D eigenvalue weighted by Crippen LogP contribution is 2.27. The maximum atomic E-state index is 12.6. The SMILES string of the molecule is CCc1ccccc1NC(=O)C[C@@H](c1cccs1)n1cccc1. The average molecular weight is 324 g/mol. The summed E-state index contributed by atoms with van der Waals surface area (Å²) < 4.78 is 2.09. The third kappa shape index (κ3) is 3.71. The molecular formula is C19H20N2OS. The van der Waals surface area contributed by atoms with E-state index in [9.17, 15) is 4.79 Å². The van der Waals surface area contributed by atoms with Crippen molar-refractivity contribution in [3.05, 3.63) is 76.7 Å². The van der Waals surface area contributed by atoms with Crippen molar-refractivity contribution in [2.24, 2.45) is 0 Å². The molecule has 0 aliphatic carbocycles. The molecule has 1 N–H and O–H groups in total. The summed E-state index contributed by atoms with van der Waals surface area (Å²) in [5.41, 5.74) is 2.08. The molecule has 3 rings (SSSR count). The van der Waals surface area contributed by atoms with E-state index in [1.165, 1.54) is 4.88 Å². The van der Waals surface area contributed by atoms with Crippen LogP contribution in [0.1, 0.15) is 29.8 Å². The molecule has 23 heavy (non-hydrogen) atoms. The normalized spacial score (nSPS) is 12.0. The van der Waals surface area contributed by atoms with Gasteiger partial charge in [0.2, 0.25) is 5.91 Å².